The van der Waals surface area contributed by atoms with Crippen molar-refractivity contribution >= 4 is 27.5 Å². The maximum atomic E-state index is 12.6. The minimum absolute atomic E-state index is 0.247. The average Bonchev–Trinajstić information content (AvgIpc) is 3.03. The minimum Gasteiger partial charge on any atom is -0.497 e. The van der Waals surface area contributed by atoms with Crippen molar-refractivity contribution < 1.29 is 9.53 Å². The van der Waals surface area contributed by atoms with E-state index < -0.39 is 0 Å². The SMILES string of the molecule is COc1ccc2c(c1)sc(=NC(=O)c1ccc(-c3ccccc3)cc1)n2C. The molecule has 0 aliphatic rings. The number of aromatic nitrogens is 1. The molecule has 0 aliphatic heterocycles. The van der Waals surface area contributed by atoms with Crippen molar-refractivity contribution in [2.24, 2.45) is 12.0 Å². The molecule has 0 fully saturated rings. The van der Waals surface area contributed by atoms with Crippen molar-refractivity contribution in [2.75, 3.05) is 7.11 Å². The third-order valence-corrected chi connectivity index (χ3v) is 5.55. The number of nitrogens with zero attached hydrogens (tertiary/aromatic N) is 2. The first-order valence-electron chi connectivity index (χ1n) is 8.54. The zero-order valence-corrected chi connectivity index (χ0v) is 15.9. The van der Waals surface area contributed by atoms with Crippen LogP contribution in [0.2, 0.25) is 0 Å². The molecule has 134 valence electrons. The lowest BCUT2D eigenvalue weighted by Crippen LogP contribution is -2.13. The standard InChI is InChI=1S/C22H18N2O2S/c1-24-19-13-12-18(26-2)14-20(19)27-22(24)23-21(25)17-10-8-16(9-11-17)15-6-4-3-5-7-15/h3-14H,1-2H3. The molecule has 4 rings (SSSR count). The molecule has 1 amide bonds. The number of methoxy groups -OCH3 is 1. The van der Waals surface area contributed by atoms with Crippen molar-refractivity contribution in [1.82, 2.24) is 4.57 Å². The van der Waals surface area contributed by atoms with Gasteiger partial charge in [-0.15, -0.1) is 0 Å². The highest BCUT2D eigenvalue weighted by Crippen LogP contribution is 2.23. The highest BCUT2D eigenvalue weighted by Gasteiger charge is 2.08. The summed E-state index contributed by atoms with van der Waals surface area (Å²) >= 11 is 1.47. The number of carbonyl (C=O) groups is 1. The van der Waals surface area contributed by atoms with Crippen molar-refractivity contribution in [3.8, 4) is 16.9 Å². The second kappa shape index (κ2) is 7.21. The summed E-state index contributed by atoms with van der Waals surface area (Å²) < 4.78 is 8.23. The summed E-state index contributed by atoms with van der Waals surface area (Å²) in [5.41, 5.74) is 3.79. The lowest BCUT2D eigenvalue weighted by atomic mass is 10.0. The van der Waals surface area contributed by atoms with Crippen LogP contribution in [-0.4, -0.2) is 17.6 Å². The Morgan fingerprint density at radius 1 is 0.963 bits per heavy atom. The Bertz CT molecular complexity index is 1170. The predicted molar refractivity (Wildman–Crippen MR) is 109 cm³/mol. The number of hydrogen-bond acceptors (Lipinski definition) is 3. The minimum atomic E-state index is -0.247. The average molecular weight is 374 g/mol. The second-order valence-corrected chi connectivity index (χ2v) is 7.15. The number of aryl methyl sites for hydroxylation is 1. The molecule has 5 heteroatoms. The number of carbonyl (C=O) groups excluding carboxylic acids is 1. The molecule has 4 aromatic rings. The fraction of sp³-hybridized carbons (Fsp3) is 0.0909. The molecule has 0 unspecified atom stereocenters. The van der Waals surface area contributed by atoms with E-state index in [-0.39, 0.29) is 5.91 Å². The van der Waals surface area contributed by atoms with Crippen LogP contribution in [0, 0.1) is 0 Å². The summed E-state index contributed by atoms with van der Waals surface area (Å²) in [6.45, 7) is 0. The van der Waals surface area contributed by atoms with Crippen molar-refractivity contribution in [1.29, 1.82) is 0 Å². The first-order chi connectivity index (χ1) is 13.2. The maximum Gasteiger partial charge on any atom is 0.279 e. The van der Waals surface area contributed by atoms with Gasteiger partial charge in [-0.3, -0.25) is 4.79 Å². The lowest BCUT2D eigenvalue weighted by molar-refractivity contribution is 0.0998. The van der Waals surface area contributed by atoms with Crippen LogP contribution in [0.1, 0.15) is 10.4 Å². The first-order valence-corrected chi connectivity index (χ1v) is 9.35. The first kappa shape index (κ1) is 17.2. The quantitative estimate of drug-likeness (QED) is 0.524. The third-order valence-electron chi connectivity index (χ3n) is 4.45. The van der Waals surface area contributed by atoms with Gasteiger partial charge in [0, 0.05) is 12.6 Å². The maximum absolute atomic E-state index is 12.6. The molecule has 0 radical (unpaired) electrons. The zero-order valence-electron chi connectivity index (χ0n) is 15.0. The van der Waals surface area contributed by atoms with Gasteiger partial charge in [0.1, 0.15) is 5.75 Å². The van der Waals surface area contributed by atoms with Crippen LogP contribution in [0.5, 0.6) is 5.75 Å². The summed E-state index contributed by atoms with van der Waals surface area (Å²) in [6, 6.07) is 23.5. The van der Waals surface area contributed by atoms with E-state index in [2.05, 4.69) is 4.99 Å². The molecule has 0 bridgehead atoms. The van der Waals surface area contributed by atoms with E-state index in [1.54, 1.807) is 7.11 Å². The van der Waals surface area contributed by atoms with E-state index in [9.17, 15) is 4.79 Å². The molecular formula is C22H18N2O2S. The molecule has 0 saturated carbocycles. The van der Waals surface area contributed by atoms with E-state index in [1.807, 2.05) is 84.4 Å². The molecule has 0 aliphatic carbocycles. The van der Waals surface area contributed by atoms with Crippen molar-refractivity contribution in [3.05, 3.63) is 83.2 Å². The van der Waals surface area contributed by atoms with E-state index in [1.165, 1.54) is 11.3 Å². The van der Waals surface area contributed by atoms with Gasteiger partial charge in [-0.2, -0.15) is 4.99 Å². The fourth-order valence-electron chi connectivity index (χ4n) is 2.94. The Labute approximate surface area is 161 Å². The number of rotatable bonds is 3. The predicted octanol–water partition coefficient (Wildman–Crippen LogP) is 4.66. The molecule has 3 aromatic carbocycles. The summed E-state index contributed by atoms with van der Waals surface area (Å²) in [7, 11) is 3.55. The summed E-state index contributed by atoms with van der Waals surface area (Å²) in [5.74, 6) is 0.544. The van der Waals surface area contributed by atoms with Gasteiger partial charge < -0.3 is 9.30 Å². The highest BCUT2D eigenvalue weighted by molar-refractivity contribution is 7.16. The van der Waals surface area contributed by atoms with Gasteiger partial charge in [-0.1, -0.05) is 53.8 Å². The zero-order chi connectivity index (χ0) is 18.8. The monoisotopic (exact) mass is 374 g/mol. The van der Waals surface area contributed by atoms with Crippen LogP contribution in [0.3, 0.4) is 0 Å². The topological polar surface area (TPSA) is 43.6 Å². The summed E-state index contributed by atoms with van der Waals surface area (Å²) in [6.07, 6.45) is 0. The van der Waals surface area contributed by atoms with Crippen LogP contribution in [0.15, 0.2) is 77.8 Å². The molecular weight excluding hydrogens is 356 g/mol. The van der Waals surface area contributed by atoms with E-state index in [4.69, 9.17) is 4.74 Å². The van der Waals surface area contributed by atoms with Crippen LogP contribution < -0.4 is 9.54 Å². The smallest absolute Gasteiger partial charge is 0.279 e. The second-order valence-electron chi connectivity index (χ2n) is 6.14. The Hall–Kier alpha value is -3.18. The van der Waals surface area contributed by atoms with Gasteiger partial charge in [-0.25, -0.2) is 0 Å². The van der Waals surface area contributed by atoms with Gasteiger partial charge in [0.15, 0.2) is 4.80 Å². The lowest BCUT2D eigenvalue weighted by Gasteiger charge is -2.02. The van der Waals surface area contributed by atoms with E-state index in [0.29, 0.717) is 10.4 Å². The Morgan fingerprint density at radius 3 is 2.37 bits per heavy atom. The van der Waals surface area contributed by atoms with Crippen LogP contribution in [0.25, 0.3) is 21.3 Å². The number of ether oxygens (including phenoxy) is 1. The molecule has 1 heterocycles. The Morgan fingerprint density at radius 2 is 1.67 bits per heavy atom. The number of fused-ring (bicyclic) bond motifs is 1. The third kappa shape index (κ3) is 3.41. The molecule has 0 atom stereocenters. The largest absolute Gasteiger partial charge is 0.497 e. The van der Waals surface area contributed by atoms with Gasteiger partial charge in [0.05, 0.1) is 17.3 Å². The van der Waals surface area contributed by atoms with Crippen LogP contribution in [0.4, 0.5) is 0 Å². The Kier molecular flexibility index (Phi) is 4.60. The van der Waals surface area contributed by atoms with Gasteiger partial charge >= 0.3 is 0 Å². The molecule has 0 N–H and O–H groups in total. The van der Waals surface area contributed by atoms with Crippen molar-refractivity contribution in [2.45, 2.75) is 0 Å². The highest BCUT2D eigenvalue weighted by atomic mass is 32.1. The molecule has 0 spiro atoms. The fourth-order valence-corrected chi connectivity index (χ4v) is 3.98. The molecule has 27 heavy (non-hydrogen) atoms. The van der Waals surface area contributed by atoms with Gasteiger partial charge in [0.2, 0.25) is 0 Å². The van der Waals surface area contributed by atoms with E-state index >= 15 is 0 Å². The Balaban J connectivity index is 1.67. The van der Waals surface area contributed by atoms with E-state index in [0.717, 1.165) is 27.1 Å². The summed E-state index contributed by atoms with van der Waals surface area (Å²) in [4.78, 5) is 17.6. The molecule has 1 aromatic heterocycles. The number of thiazole rings is 1. The van der Waals surface area contributed by atoms with Crippen LogP contribution >= 0.6 is 11.3 Å². The number of benzene rings is 3. The number of amides is 1. The van der Waals surface area contributed by atoms with Gasteiger partial charge in [-0.05, 0) is 41.5 Å². The molecule has 0 saturated heterocycles. The van der Waals surface area contributed by atoms with Gasteiger partial charge in [0.25, 0.3) is 5.91 Å². The van der Waals surface area contributed by atoms with Crippen LogP contribution in [-0.2, 0) is 7.05 Å². The molecule has 4 nitrogen and oxygen atoms in total. The van der Waals surface area contributed by atoms with Crippen molar-refractivity contribution in [3.63, 3.8) is 0 Å². The summed E-state index contributed by atoms with van der Waals surface area (Å²) in [5, 5.41) is 0. The number of hydrogen-bond donors (Lipinski definition) is 0. The normalized spacial score (nSPS) is 11.7.